The third kappa shape index (κ3) is 4.59. The first-order valence-electron chi connectivity index (χ1n) is 22.3. The van der Waals surface area contributed by atoms with Gasteiger partial charge in [-0.2, -0.15) is 0 Å². The Kier molecular flexibility index (Phi) is 7.35. The van der Waals surface area contributed by atoms with E-state index in [0.29, 0.717) is 0 Å². The van der Waals surface area contributed by atoms with Gasteiger partial charge in [0.2, 0.25) is 0 Å². The van der Waals surface area contributed by atoms with Crippen LogP contribution in [0, 0.1) is 20.8 Å². The summed E-state index contributed by atoms with van der Waals surface area (Å²) in [6.07, 6.45) is 1.91. The molecule has 2 aliphatic heterocycles. The Hall–Kier alpha value is -7.47. The number of aryl methyl sites for hydroxylation is 3. The molecule has 0 saturated heterocycles. The van der Waals surface area contributed by atoms with Gasteiger partial charge in [0.1, 0.15) is 0 Å². The molecule has 1 atom stereocenters. The van der Waals surface area contributed by atoms with Gasteiger partial charge < -0.3 is 9.80 Å². The lowest BCUT2D eigenvalue weighted by atomic mass is 9.36. The predicted octanol–water partition coefficient (Wildman–Crippen LogP) is 13.3. The van der Waals surface area contributed by atoms with Crippen LogP contribution in [0.25, 0.3) is 44.3 Å². The van der Waals surface area contributed by atoms with Crippen molar-refractivity contribution in [1.82, 2.24) is 4.98 Å². The fraction of sp³-hybridized carbons (Fsp3) is 0.0678. The largest absolute Gasteiger partial charge is 0.311 e. The van der Waals surface area contributed by atoms with E-state index in [1.165, 1.54) is 121 Å². The number of pyridine rings is 1. The minimum atomic E-state index is -0.527. The van der Waals surface area contributed by atoms with Crippen molar-refractivity contribution in [2.24, 2.45) is 0 Å². The number of benzene rings is 8. The number of rotatable bonds is 3. The molecule has 0 amide bonds. The Morgan fingerprint density at radius 2 is 1.11 bits per heavy atom. The van der Waals surface area contributed by atoms with Crippen molar-refractivity contribution in [2.75, 3.05) is 9.80 Å². The van der Waals surface area contributed by atoms with Gasteiger partial charge in [0.05, 0.1) is 16.8 Å². The zero-order chi connectivity index (χ0) is 42.4. The molecule has 2 aromatic heterocycles. The summed E-state index contributed by atoms with van der Waals surface area (Å²) in [5.41, 5.74) is 24.8. The normalized spacial score (nSPS) is 15.7. The van der Waals surface area contributed by atoms with Crippen LogP contribution in [0.15, 0.2) is 188 Å². The molecule has 8 aromatic carbocycles. The summed E-state index contributed by atoms with van der Waals surface area (Å²) in [7, 11) is 0. The molecule has 0 N–H and O–H groups in total. The molecule has 0 radical (unpaired) electrons. The third-order valence-corrected chi connectivity index (χ3v) is 15.9. The second kappa shape index (κ2) is 13.0. The van der Waals surface area contributed by atoms with Crippen LogP contribution >= 0.6 is 11.3 Å². The average Bonchev–Trinajstić information content (AvgIpc) is 3.96. The van der Waals surface area contributed by atoms with E-state index in [0.717, 1.165) is 11.3 Å². The summed E-state index contributed by atoms with van der Waals surface area (Å²) in [4.78, 5) is 11.5. The first kappa shape index (κ1) is 36.1. The molecular formula is C59H40BN3S. The lowest BCUT2D eigenvalue weighted by Gasteiger charge is -2.44. The van der Waals surface area contributed by atoms with Crippen LogP contribution in [0.2, 0.25) is 0 Å². The first-order chi connectivity index (χ1) is 31.5. The van der Waals surface area contributed by atoms with Gasteiger partial charge in [-0.15, -0.1) is 11.3 Å². The minimum absolute atomic E-state index is 0.00322. The maximum absolute atomic E-state index is 4.87. The van der Waals surface area contributed by atoms with E-state index in [9.17, 15) is 0 Å². The van der Waals surface area contributed by atoms with Gasteiger partial charge in [-0.1, -0.05) is 133 Å². The second-order valence-electron chi connectivity index (χ2n) is 18.0. The maximum Gasteiger partial charge on any atom is 0.264 e. The van der Waals surface area contributed by atoms with Gasteiger partial charge in [-0.05, 0) is 141 Å². The molecule has 14 rings (SSSR count). The molecule has 0 fully saturated rings. The van der Waals surface area contributed by atoms with Gasteiger partial charge in [0, 0.05) is 55.4 Å². The van der Waals surface area contributed by atoms with Crippen molar-refractivity contribution < 1.29 is 0 Å². The summed E-state index contributed by atoms with van der Waals surface area (Å²) >= 11 is 2.05. The Morgan fingerprint density at radius 3 is 1.84 bits per heavy atom. The summed E-state index contributed by atoms with van der Waals surface area (Å²) in [6.45, 7) is 6.79. The molecule has 4 heterocycles. The highest BCUT2D eigenvalue weighted by atomic mass is 32.1. The highest BCUT2D eigenvalue weighted by Crippen LogP contribution is 2.67. The zero-order valence-electron chi connectivity index (χ0n) is 35.7. The molecule has 0 unspecified atom stereocenters. The molecule has 64 heavy (non-hydrogen) atoms. The van der Waals surface area contributed by atoms with Crippen LogP contribution in [0.1, 0.15) is 38.3 Å². The summed E-state index contributed by atoms with van der Waals surface area (Å²) in [5.74, 6) is 0. The van der Waals surface area contributed by atoms with Crippen molar-refractivity contribution in [3.63, 3.8) is 0 Å². The monoisotopic (exact) mass is 833 g/mol. The number of aromatic nitrogens is 1. The van der Waals surface area contributed by atoms with E-state index in [1.807, 2.05) is 23.6 Å². The van der Waals surface area contributed by atoms with Crippen LogP contribution in [-0.4, -0.2) is 11.7 Å². The van der Waals surface area contributed by atoms with Gasteiger partial charge in [0.25, 0.3) is 6.71 Å². The van der Waals surface area contributed by atoms with Crippen molar-refractivity contribution >= 4 is 78.6 Å². The lowest BCUT2D eigenvalue weighted by molar-refractivity contribution is 0.812. The van der Waals surface area contributed by atoms with Crippen molar-refractivity contribution in [3.05, 3.63) is 226 Å². The van der Waals surface area contributed by atoms with E-state index in [-0.39, 0.29) is 6.71 Å². The predicted molar refractivity (Wildman–Crippen MR) is 270 cm³/mol. The van der Waals surface area contributed by atoms with Crippen molar-refractivity contribution in [3.8, 4) is 33.5 Å². The standard InChI is InChI=1S/C59H40BN3S/c1-35-30-52-55-53(31-35)63(50-26-13-5-17-37(50)3)56-54-43-21-9-11-23-45(43)59(44-22-10-8-20-41(44)42-28-27-40(32-46(42)59)48-24-14-15-29-61-48)57(54)64-58(56)60(55)47-33-38-18-6-7-19-39(38)34-51(47)62(52)49-25-12-4-16-36(49)2/h4-34H,1-3H3/t59-/m1/s1. The first-order valence-corrected chi connectivity index (χ1v) is 23.1. The smallest absolute Gasteiger partial charge is 0.264 e. The second-order valence-corrected chi connectivity index (χ2v) is 19.0. The number of anilines is 6. The van der Waals surface area contributed by atoms with E-state index >= 15 is 0 Å². The Labute approximate surface area is 377 Å². The topological polar surface area (TPSA) is 19.4 Å². The molecule has 2 aliphatic carbocycles. The number of nitrogens with zero attached hydrogens (tertiary/aromatic N) is 3. The molecule has 300 valence electrons. The molecule has 3 nitrogen and oxygen atoms in total. The molecule has 4 aliphatic rings. The van der Waals surface area contributed by atoms with Gasteiger partial charge in [-0.3, -0.25) is 4.98 Å². The van der Waals surface area contributed by atoms with Crippen LogP contribution in [0.5, 0.6) is 0 Å². The quantitative estimate of drug-likeness (QED) is 0.165. The van der Waals surface area contributed by atoms with Crippen LogP contribution in [0.3, 0.4) is 0 Å². The minimum Gasteiger partial charge on any atom is -0.311 e. The molecule has 10 aromatic rings. The fourth-order valence-corrected chi connectivity index (χ4v) is 13.6. The fourth-order valence-electron chi connectivity index (χ4n) is 11.9. The molecular weight excluding hydrogens is 794 g/mol. The number of fused-ring (bicyclic) bond motifs is 16. The highest BCUT2D eigenvalue weighted by molar-refractivity contribution is 7.30. The third-order valence-electron chi connectivity index (χ3n) is 14.6. The number of hydrogen-bond donors (Lipinski definition) is 0. The van der Waals surface area contributed by atoms with Crippen LogP contribution in [0.4, 0.5) is 34.1 Å². The van der Waals surface area contributed by atoms with E-state index < -0.39 is 5.41 Å². The number of para-hydroxylation sites is 2. The summed E-state index contributed by atoms with van der Waals surface area (Å²) in [5, 5.41) is 2.51. The SMILES string of the molecule is Cc1cc2c3c(c1)N(c1ccccc1C)c1c(sc4c1-c1ccccc1[C@@]41c4ccccc4-c4ccc(-c5ccccn5)cc41)B3c1cc3ccccc3cc1N2c1ccccc1C. The van der Waals surface area contributed by atoms with Gasteiger partial charge in [0.15, 0.2) is 0 Å². The molecule has 0 bridgehead atoms. The summed E-state index contributed by atoms with van der Waals surface area (Å²) < 4.78 is 1.40. The van der Waals surface area contributed by atoms with Crippen LogP contribution < -0.4 is 25.5 Å². The molecule has 0 saturated carbocycles. The van der Waals surface area contributed by atoms with Crippen molar-refractivity contribution in [2.45, 2.75) is 26.2 Å². The zero-order valence-corrected chi connectivity index (χ0v) is 36.5. The number of hydrogen-bond acceptors (Lipinski definition) is 4. The highest BCUT2D eigenvalue weighted by Gasteiger charge is 2.57. The lowest BCUT2D eigenvalue weighted by Crippen LogP contribution is -2.60. The molecule has 5 heteroatoms. The van der Waals surface area contributed by atoms with Gasteiger partial charge in [-0.25, -0.2) is 0 Å². The van der Waals surface area contributed by atoms with Crippen LogP contribution in [-0.2, 0) is 5.41 Å². The number of thiophene rings is 1. The maximum atomic E-state index is 4.87. The average molecular weight is 834 g/mol. The molecule has 1 spiro atoms. The Balaban J connectivity index is 1.15. The van der Waals surface area contributed by atoms with Gasteiger partial charge >= 0.3 is 0 Å². The summed E-state index contributed by atoms with van der Waals surface area (Å²) in [6, 6.07) is 68.4. The van der Waals surface area contributed by atoms with E-state index in [2.05, 4.69) is 206 Å². The van der Waals surface area contributed by atoms with E-state index in [4.69, 9.17) is 4.98 Å². The van der Waals surface area contributed by atoms with Crippen molar-refractivity contribution in [1.29, 1.82) is 0 Å². The Morgan fingerprint density at radius 1 is 0.500 bits per heavy atom. The Bertz CT molecular complexity index is 3640. The van der Waals surface area contributed by atoms with E-state index in [1.54, 1.807) is 0 Å².